The summed E-state index contributed by atoms with van der Waals surface area (Å²) in [6, 6.07) is 5.63. The van der Waals surface area contributed by atoms with E-state index in [1.54, 1.807) is 6.92 Å². The lowest BCUT2D eigenvalue weighted by Crippen LogP contribution is -2.08. The van der Waals surface area contributed by atoms with Crippen LogP contribution in [0.15, 0.2) is 22.7 Å². The van der Waals surface area contributed by atoms with E-state index in [1.165, 1.54) is 0 Å². The Morgan fingerprint density at radius 2 is 2.15 bits per heavy atom. The van der Waals surface area contributed by atoms with Gasteiger partial charge in [0.15, 0.2) is 0 Å². The molecule has 0 amide bonds. The fourth-order valence-electron chi connectivity index (χ4n) is 1.26. The van der Waals surface area contributed by atoms with Gasteiger partial charge in [0.2, 0.25) is 0 Å². The third kappa shape index (κ3) is 2.31. The van der Waals surface area contributed by atoms with Gasteiger partial charge in [0, 0.05) is 4.47 Å². The highest BCUT2D eigenvalue weighted by atomic mass is 79.9. The monoisotopic (exact) mass is 242 g/mol. The van der Waals surface area contributed by atoms with Crippen LogP contribution in [0.25, 0.3) is 0 Å². The van der Waals surface area contributed by atoms with Crippen molar-refractivity contribution < 1.29 is 9.90 Å². The SMILES string of the molecule is Cc1cc(Br)ccc1C(C)C(=O)O. The van der Waals surface area contributed by atoms with E-state index in [1.807, 2.05) is 25.1 Å². The van der Waals surface area contributed by atoms with Crippen LogP contribution < -0.4 is 0 Å². The summed E-state index contributed by atoms with van der Waals surface area (Å²) in [6.45, 7) is 3.61. The highest BCUT2D eigenvalue weighted by Crippen LogP contribution is 2.22. The summed E-state index contributed by atoms with van der Waals surface area (Å²) in [5.74, 6) is -1.22. The Hall–Kier alpha value is -0.830. The van der Waals surface area contributed by atoms with Crippen LogP contribution >= 0.6 is 15.9 Å². The quantitative estimate of drug-likeness (QED) is 0.866. The predicted molar refractivity (Wildman–Crippen MR) is 54.9 cm³/mol. The van der Waals surface area contributed by atoms with Gasteiger partial charge in [-0.3, -0.25) is 4.79 Å². The molecule has 0 saturated heterocycles. The number of hydrogen-bond donors (Lipinski definition) is 1. The number of carboxylic acid groups (broad SMARTS) is 1. The molecule has 3 heteroatoms. The Balaban J connectivity index is 3.08. The highest BCUT2D eigenvalue weighted by molar-refractivity contribution is 9.10. The molecule has 13 heavy (non-hydrogen) atoms. The molecule has 0 aromatic heterocycles. The van der Waals surface area contributed by atoms with Crippen molar-refractivity contribution in [3.8, 4) is 0 Å². The van der Waals surface area contributed by atoms with Gasteiger partial charge in [-0.15, -0.1) is 0 Å². The van der Waals surface area contributed by atoms with E-state index < -0.39 is 11.9 Å². The molecule has 1 N–H and O–H groups in total. The molecule has 0 spiro atoms. The van der Waals surface area contributed by atoms with Crippen LogP contribution in [0.1, 0.15) is 24.0 Å². The number of aliphatic carboxylic acids is 1. The smallest absolute Gasteiger partial charge is 0.310 e. The number of rotatable bonds is 2. The van der Waals surface area contributed by atoms with Gasteiger partial charge in [0.25, 0.3) is 0 Å². The molecular weight excluding hydrogens is 232 g/mol. The third-order valence-corrected chi connectivity index (χ3v) is 2.56. The van der Waals surface area contributed by atoms with E-state index >= 15 is 0 Å². The van der Waals surface area contributed by atoms with Crippen molar-refractivity contribution in [3.63, 3.8) is 0 Å². The number of halogens is 1. The summed E-state index contributed by atoms with van der Waals surface area (Å²) in [7, 11) is 0. The second-order valence-corrected chi connectivity index (χ2v) is 3.98. The maximum Gasteiger partial charge on any atom is 0.310 e. The maximum atomic E-state index is 10.7. The average Bonchev–Trinajstić information content (AvgIpc) is 2.03. The number of aryl methyl sites for hydroxylation is 1. The van der Waals surface area contributed by atoms with Crippen LogP contribution in [0.5, 0.6) is 0 Å². The molecule has 0 fully saturated rings. The summed E-state index contributed by atoms with van der Waals surface area (Å²) in [6.07, 6.45) is 0. The fourth-order valence-corrected chi connectivity index (χ4v) is 1.73. The Kier molecular flexibility index (Phi) is 3.09. The normalized spacial score (nSPS) is 12.5. The fraction of sp³-hybridized carbons (Fsp3) is 0.300. The highest BCUT2D eigenvalue weighted by Gasteiger charge is 2.15. The summed E-state index contributed by atoms with van der Waals surface area (Å²) in [5.41, 5.74) is 1.87. The van der Waals surface area contributed by atoms with Crippen molar-refractivity contribution in [3.05, 3.63) is 33.8 Å². The number of benzene rings is 1. The molecule has 0 bridgehead atoms. The largest absolute Gasteiger partial charge is 0.481 e. The van der Waals surface area contributed by atoms with Crippen molar-refractivity contribution in [2.24, 2.45) is 0 Å². The van der Waals surface area contributed by atoms with Crippen molar-refractivity contribution in [1.82, 2.24) is 0 Å². The van der Waals surface area contributed by atoms with Crippen LogP contribution in [0.4, 0.5) is 0 Å². The molecule has 0 heterocycles. The van der Waals surface area contributed by atoms with Gasteiger partial charge in [-0.2, -0.15) is 0 Å². The predicted octanol–water partition coefficient (Wildman–Crippen LogP) is 2.95. The zero-order valence-corrected chi connectivity index (χ0v) is 9.13. The van der Waals surface area contributed by atoms with E-state index in [9.17, 15) is 4.79 Å². The van der Waals surface area contributed by atoms with Crippen LogP contribution in [0, 0.1) is 6.92 Å². The van der Waals surface area contributed by atoms with Crippen LogP contribution in [-0.2, 0) is 4.79 Å². The Morgan fingerprint density at radius 3 is 2.62 bits per heavy atom. The average molecular weight is 243 g/mol. The molecule has 1 aromatic carbocycles. The first-order valence-electron chi connectivity index (χ1n) is 4.01. The standard InChI is InChI=1S/C10H11BrO2/c1-6-5-8(11)3-4-9(6)7(2)10(12)13/h3-5,7H,1-2H3,(H,12,13). The van der Waals surface area contributed by atoms with Gasteiger partial charge in [0.1, 0.15) is 0 Å². The van der Waals surface area contributed by atoms with E-state index in [4.69, 9.17) is 5.11 Å². The summed E-state index contributed by atoms with van der Waals surface area (Å²) in [4.78, 5) is 10.7. The zero-order valence-electron chi connectivity index (χ0n) is 7.54. The molecule has 1 aromatic rings. The molecule has 70 valence electrons. The molecule has 0 aliphatic carbocycles. The van der Waals surface area contributed by atoms with Crippen LogP contribution in [0.2, 0.25) is 0 Å². The Morgan fingerprint density at radius 1 is 1.54 bits per heavy atom. The first kappa shape index (κ1) is 10.3. The minimum Gasteiger partial charge on any atom is -0.481 e. The van der Waals surface area contributed by atoms with Crippen molar-refractivity contribution in [2.45, 2.75) is 19.8 Å². The van der Waals surface area contributed by atoms with Crippen molar-refractivity contribution in [1.29, 1.82) is 0 Å². The second kappa shape index (κ2) is 3.92. The molecule has 0 aliphatic heterocycles. The topological polar surface area (TPSA) is 37.3 Å². The van der Waals surface area contributed by atoms with E-state index in [-0.39, 0.29) is 0 Å². The molecule has 1 rings (SSSR count). The molecule has 0 saturated carbocycles. The van der Waals surface area contributed by atoms with Crippen LogP contribution in [-0.4, -0.2) is 11.1 Å². The third-order valence-electron chi connectivity index (χ3n) is 2.07. The minimum absolute atomic E-state index is 0.437. The summed E-state index contributed by atoms with van der Waals surface area (Å²) in [5, 5.41) is 8.82. The molecule has 0 aliphatic rings. The van der Waals surface area contributed by atoms with E-state index in [0.717, 1.165) is 15.6 Å². The Labute approximate surface area is 85.7 Å². The van der Waals surface area contributed by atoms with Gasteiger partial charge in [0.05, 0.1) is 5.92 Å². The number of carboxylic acids is 1. The van der Waals surface area contributed by atoms with Crippen molar-refractivity contribution in [2.75, 3.05) is 0 Å². The molecule has 1 atom stereocenters. The summed E-state index contributed by atoms with van der Waals surface area (Å²) >= 11 is 3.33. The maximum absolute atomic E-state index is 10.7. The Bertz CT molecular complexity index is 334. The van der Waals surface area contributed by atoms with Gasteiger partial charge in [-0.25, -0.2) is 0 Å². The lowest BCUT2D eigenvalue weighted by Gasteiger charge is -2.09. The number of hydrogen-bond acceptors (Lipinski definition) is 1. The van der Waals surface area contributed by atoms with Gasteiger partial charge in [-0.05, 0) is 37.1 Å². The molecule has 0 radical (unpaired) electrons. The molecular formula is C10H11BrO2. The van der Waals surface area contributed by atoms with Gasteiger partial charge < -0.3 is 5.11 Å². The lowest BCUT2D eigenvalue weighted by atomic mass is 9.97. The lowest BCUT2D eigenvalue weighted by molar-refractivity contribution is -0.138. The number of carbonyl (C=O) groups is 1. The second-order valence-electron chi connectivity index (χ2n) is 3.06. The molecule has 2 nitrogen and oxygen atoms in total. The van der Waals surface area contributed by atoms with Crippen LogP contribution in [0.3, 0.4) is 0 Å². The first-order valence-corrected chi connectivity index (χ1v) is 4.80. The minimum atomic E-state index is -0.787. The first-order chi connectivity index (χ1) is 6.02. The van der Waals surface area contributed by atoms with E-state index in [2.05, 4.69) is 15.9 Å². The summed E-state index contributed by atoms with van der Waals surface area (Å²) < 4.78 is 0.978. The van der Waals surface area contributed by atoms with Gasteiger partial charge in [-0.1, -0.05) is 22.0 Å². The van der Waals surface area contributed by atoms with E-state index in [0.29, 0.717) is 0 Å². The van der Waals surface area contributed by atoms with Crippen molar-refractivity contribution >= 4 is 21.9 Å². The van der Waals surface area contributed by atoms with Gasteiger partial charge >= 0.3 is 5.97 Å². The zero-order chi connectivity index (χ0) is 10.0. The molecule has 1 unspecified atom stereocenters.